The zero-order valence-electron chi connectivity index (χ0n) is 25.4. The topological polar surface area (TPSA) is 79.8 Å². The van der Waals surface area contributed by atoms with Crippen molar-refractivity contribution in [2.75, 3.05) is 20.6 Å². The van der Waals surface area contributed by atoms with Gasteiger partial charge in [0.05, 0.1) is 17.8 Å². The fraction of sp³-hybridized carbons (Fsp3) is 0.515. The van der Waals surface area contributed by atoms with Crippen molar-refractivity contribution in [2.24, 2.45) is 13.0 Å². The van der Waals surface area contributed by atoms with Crippen LogP contribution in [0.4, 0.5) is 0 Å². The van der Waals surface area contributed by atoms with E-state index in [0.717, 1.165) is 65.1 Å². The highest BCUT2D eigenvalue weighted by Gasteiger charge is 2.49. The number of hydrogen-bond donors (Lipinski definition) is 1. The highest BCUT2D eigenvalue weighted by molar-refractivity contribution is 6.02. The van der Waals surface area contributed by atoms with Crippen molar-refractivity contribution in [2.45, 2.75) is 78.2 Å². The first-order valence-electron chi connectivity index (χ1n) is 14.8. The largest absolute Gasteiger partial charge is 0.448 e. The quantitative estimate of drug-likeness (QED) is 0.471. The molecule has 0 saturated heterocycles. The van der Waals surface area contributed by atoms with Gasteiger partial charge in [-0.15, -0.1) is 0 Å². The minimum Gasteiger partial charge on any atom is -0.448 e. The minimum atomic E-state index is -0.788. The molecule has 1 fully saturated rings. The number of carbonyl (C=O) groups is 1. The van der Waals surface area contributed by atoms with E-state index in [-0.39, 0.29) is 23.9 Å². The number of aromatic amines is 1. The van der Waals surface area contributed by atoms with Gasteiger partial charge >= 0.3 is 0 Å². The maximum absolute atomic E-state index is 14.2. The summed E-state index contributed by atoms with van der Waals surface area (Å²) >= 11 is 0. The monoisotopic (exact) mass is 558 g/mol. The highest BCUT2D eigenvalue weighted by Crippen LogP contribution is 2.55. The molecule has 4 heterocycles. The summed E-state index contributed by atoms with van der Waals surface area (Å²) in [6.45, 7) is 8.67. The van der Waals surface area contributed by atoms with Crippen molar-refractivity contribution in [3.8, 4) is 22.8 Å². The van der Waals surface area contributed by atoms with Crippen LogP contribution in [0.15, 0.2) is 29.2 Å². The Kier molecular flexibility index (Phi) is 6.80. The van der Waals surface area contributed by atoms with Crippen LogP contribution in [0.25, 0.3) is 11.3 Å². The average Bonchev–Trinajstić information content (AvgIpc) is 3.51. The van der Waals surface area contributed by atoms with Gasteiger partial charge in [0.1, 0.15) is 0 Å². The van der Waals surface area contributed by atoms with Crippen LogP contribution in [0.1, 0.15) is 70.9 Å². The van der Waals surface area contributed by atoms with E-state index >= 15 is 0 Å². The van der Waals surface area contributed by atoms with E-state index in [9.17, 15) is 9.59 Å². The lowest BCUT2D eigenvalue weighted by atomic mass is 9.81. The molecule has 1 N–H and O–H groups in total. The van der Waals surface area contributed by atoms with Crippen LogP contribution in [0, 0.1) is 26.7 Å². The highest BCUT2D eigenvalue weighted by atomic mass is 16.7. The molecule has 0 bridgehead atoms. The molecular formula is C33H42N4O4. The molecule has 41 heavy (non-hydrogen) atoms. The standard InChI is InChI=1S/C33H42N4O4/c1-19-17-20(2)34-31(38)25(19)18-37-16-14-24-27(32(37)39)21(3)29-30(28(24)26-9-8-15-36(26)7)41-33(4,40-29)22-10-12-23(13-11-22)35(5)6/h8-9,15,17,22-23H,10-14,16,18H2,1-7H3,(H,34,38)/t22-,23-,33?. The maximum Gasteiger partial charge on any atom is 0.254 e. The number of H-pyrrole nitrogens is 1. The number of carbonyl (C=O) groups excluding carboxylic acids is 1. The Morgan fingerprint density at radius 1 is 1.05 bits per heavy atom. The molecule has 0 spiro atoms. The Hall–Kier alpha value is -3.52. The SMILES string of the molecule is Cc1cc(C)c(CN2CCc3c(c(C)c4c(c3-c3cccn3C)OC(C)([C@H]3CC[C@H](N(C)C)CC3)O4)C2=O)c(=O)[nH]1. The van der Waals surface area contributed by atoms with E-state index in [1.165, 1.54) is 0 Å². The molecule has 1 amide bonds. The second kappa shape index (κ2) is 10.1. The number of nitrogens with one attached hydrogen (secondary N) is 1. The number of aromatic nitrogens is 2. The Labute approximate surface area is 242 Å². The van der Waals surface area contributed by atoms with Crippen LogP contribution >= 0.6 is 0 Å². The predicted octanol–water partition coefficient (Wildman–Crippen LogP) is 5.11. The van der Waals surface area contributed by atoms with Crippen LogP contribution in [0.2, 0.25) is 0 Å². The summed E-state index contributed by atoms with van der Waals surface area (Å²) in [7, 11) is 6.33. The molecule has 2 aromatic heterocycles. The summed E-state index contributed by atoms with van der Waals surface area (Å²) in [5.41, 5.74) is 6.69. The molecule has 8 heteroatoms. The van der Waals surface area contributed by atoms with Gasteiger partial charge in [0.25, 0.3) is 17.3 Å². The van der Waals surface area contributed by atoms with E-state index in [1.807, 2.05) is 46.1 Å². The number of fused-ring (bicyclic) bond motifs is 2. The van der Waals surface area contributed by atoms with Crippen molar-refractivity contribution >= 4 is 5.91 Å². The molecule has 0 radical (unpaired) electrons. The van der Waals surface area contributed by atoms with Crippen LogP contribution in [0.5, 0.6) is 11.5 Å². The molecular weight excluding hydrogens is 516 g/mol. The summed E-state index contributed by atoms with van der Waals surface area (Å²) in [5.74, 6) is 0.838. The number of ether oxygens (including phenoxy) is 2. The van der Waals surface area contributed by atoms with Crippen molar-refractivity contribution < 1.29 is 14.3 Å². The van der Waals surface area contributed by atoms with Gasteiger partial charge < -0.3 is 28.8 Å². The van der Waals surface area contributed by atoms with Crippen molar-refractivity contribution in [3.05, 3.63) is 68.3 Å². The van der Waals surface area contributed by atoms with Gasteiger partial charge in [-0.3, -0.25) is 9.59 Å². The summed E-state index contributed by atoms with van der Waals surface area (Å²) in [5, 5.41) is 0. The lowest BCUT2D eigenvalue weighted by Gasteiger charge is -2.39. The first kappa shape index (κ1) is 27.6. The number of rotatable bonds is 5. The van der Waals surface area contributed by atoms with Gasteiger partial charge in [0.2, 0.25) is 0 Å². The van der Waals surface area contributed by atoms with Crippen LogP contribution < -0.4 is 15.0 Å². The van der Waals surface area contributed by atoms with Crippen molar-refractivity contribution in [1.82, 2.24) is 19.4 Å². The molecule has 2 aliphatic heterocycles. The number of pyridine rings is 1. The molecule has 1 atom stereocenters. The van der Waals surface area contributed by atoms with Crippen LogP contribution in [-0.4, -0.2) is 57.7 Å². The molecule has 6 rings (SSSR count). The molecule has 1 aromatic carbocycles. The Balaban J connectivity index is 1.41. The third-order valence-electron chi connectivity index (χ3n) is 9.71. The number of nitrogens with zero attached hydrogens (tertiary/aromatic N) is 3. The van der Waals surface area contributed by atoms with Crippen molar-refractivity contribution in [3.63, 3.8) is 0 Å². The van der Waals surface area contributed by atoms with Crippen molar-refractivity contribution in [1.29, 1.82) is 0 Å². The smallest absolute Gasteiger partial charge is 0.254 e. The Morgan fingerprint density at radius 2 is 1.76 bits per heavy atom. The number of aryl methyl sites for hydroxylation is 3. The van der Waals surface area contributed by atoms with E-state index in [4.69, 9.17) is 9.47 Å². The first-order chi connectivity index (χ1) is 19.5. The van der Waals surface area contributed by atoms with Crippen LogP contribution in [-0.2, 0) is 20.0 Å². The first-order valence-corrected chi connectivity index (χ1v) is 14.8. The zero-order chi connectivity index (χ0) is 29.2. The summed E-state index contributed by atoms with van der Waals surface area (Å²) in [4.78, 5) is 34.0. The average molecular weight is 559 g/mol. The van der Waals surface area contributed by atoms with Gasteiger partial charge in [-0.25, -0.2) is 0 Å². The second-order valence-electron chi connectivity index (χ2n) is 12.6. The van der Waals surface area contributed by atoms with E-state index in [0.29, 0.717) is 35.9 Å². The number of hydrogen-bond acceptors (Lipinski definition) is 5. The lowest BCUT2D eigenvalue weighted by molar-refractivity contribution is -0.123. The molecule has 1 saturated carbocycles. The summed E-state index contributed by atoms with van der Waals surface area (Å²) in [6, 6.07) is 6.65. The fourth-order valence-corrected chi connectivity index (χ4v) is 7.27. The summed E-state index contributed by atoms with van der Waals surface area (Å²) < 4.78 is 15.7. The number of benzene rings is 1. The minimum absolute atomic E-state index is 0.0647. The molecule has 1 aliphatic carbocycles. The second-order valence-corrected chi connectivity index (χ2v) is 12.6. The zero-order valence-corrected chi connectivity index (χ0v) is 25.4. The maximum atomic E-state index is 14.2. The third-order valence-corrected chi connectivity index (χ3v) is 9.71. The third kappa shape index (κ3) is 4.56. The lowest BCUT2D eigenvalue weighted by Crippen LogP contribution is -2.46. The van der Waals surface area contributed by atoms with Gasteiger partial charge in [0.15, 0.2) is 11.5 Å². The van der Waals surface area contributed by atoms with E-state index in [1.54, 1.807) is 4.90 Å². The molecule has 3 aromatic rings. The van der Waals surface area contributed by atoms with Crippen LogP contribution in [0.3, 0.4) is 0 Å². The Morgan fingerprint density at radius 3 is 2.39 bits per heavy atom. The van der Waals surface area contributed by atoms with E-state index in [2.05, 4.69) is 41.5 Å². The number of amides is 1. The molecule has 218 valence electrons. The van der Waals surface area contributed by atoms with E-state index < -0.39 is 5.79 Å². The van der Waals surface area contributed by atoms with Gasteiger partial charge in [-0.05, 0) is 96.3 Å². The van der Waals surface area contributed by atoms with Gasteiger partial charge in [-0.1, -0.05) is 0 Å². The van der Waals surface area contributed by atoms with Gasteiger partial charge in [0, 0.05) is 61.1 Å². The Bertz CT molecular complexity index is 1580. The normalized spacial score (nSPS) is 23.8. The predicted molar refractivity (Wildman–Crippen MR) is 160 cm³/mol. The fourth-order valence-electron chi connectivity index (χ4n) is 7.27. The van der Waals surface area contributed by atoms with Gasteiger partial charge in [-0.2, -0.15) is 0 Å². The molecule has 8 nitrogen and oxygen atoms in total. The molecule has 3 aliphatic rings. The molecule has 1 unspecified atom stereocenters. The summed E-state index contributed by atoms with van der Waals surface area (Å²) in [6.07, 6.45) is 6.98.